The molecule has 0 aromatic heterocycles. The molecule has 0 saturated heterocycles. The maximum absolute atomic E-state index is 12.3. The summed E-state index contributed by atoms with van der Waals surface area (Å²) in [7, 11) is 4.68. The largest absolute Gasteiger partial charge is 0.493 e. The normalized spacial score (nSPS) is 13.7. The molecule has 0 atom stereocenters. The van der Waals surface area contributed by atoms with E-state index < -0.39 is 0 Å². The summed E-state index contributed by atoms with van der Waals surface area (Å²) in [4.78, 5) is 12.3. The molecule has 0 unspecified atom stereocenters. The Hall–Kier alpha value is -2.95. The molecule has 0 spiro atoms. The van der Waals surface area contributed by atoms with Crippen LogP contribution in [0.4, 0.5) is 0 Å². The highest BCUT2D eigenvalue weighted by atomic mass is 16.5. The van der Waals surface area contributed by atoms with Crippen molar-refractivity contribution in [3.63, 3.8) is 0 Å². The van der Waals surface area contributed by atoms with Gasteiger partial charge in [0.25, 0.3) is 0 Å². The number of ether oxygens (including phenoxy) is 4. The molecule has 0 bridgehead atoms. The first-order chi connectivity index (χ1) is 12.1. The summed E-state index contributed by atoms with van der Waals surface area (Å²) in [5, 5.41) is 0. The Kier molecular flexibility index (Phi) is 4.65. The van der Waals surface area contributed by atoms with Crippen LogP contribution in [0.5, 0.6) is 17.2 Å². The van der Waals surface area contributed by atoms with Crippen LogP contribution in [0.15, 0.2) is 36.4 Å². The SMILES string of the molecule is COc1cc(C2=C(c3ccc(C)cc3)C(=O)OC2)cc(OC)c1OC. The van der Waals surface area contributed by atoms with Gasteiger partial charge in [-0.2, -0.15) is 0 Å². The molecule has 0 saturated carbocycles. The van der Waals surface area contributed by atoms with Gasteiger partial charge in [0, 0.05) is 5.57 Å². The minimum Gasteiger partial charge on any atom is -0.493 e. The van der Waals surface area contributed by atoms with Gasteiger partial charge in [0.2, 0.25) is 5.75 Å². The molecule has 0 N–H and O–H groups in total. The first-order valence-corrected chi connectivity index (χ1v) is 7.86. The van der Waals surface area contributed by atoms with Crippen molar-refractivity contribution in [3.8, 4) is 17.2 Å². The molecule has 5 heteroatoms. The summed E-state index contributed by atoms with van der Waals surface area (Å²) in [6, 6.07) is 11.5. The van der Waals surface area contributed by atoms with Crippen molar-refractivity contribution in [2.45, 2.75) is 6.92 Å². The van der Waals surface area contributed by atoms with Gasteiger partial charge in [0.05, 0.1) is 26.9 Å². The van der Waals surface area contributed by atoms with E-state index in [1.165, 1.54) is 0 Å². The summed E-state index contributed by atoms with van der Waals surface area (Å²) < 4.78 is 21.5. The molecule has 2 aromatic rings. The fourth-order valence-corrected chi connectivity index (χ4v) is 2.90. The van der Waals surface area contributed by atoms with Gasteiger partial charge >= 0.3 is 5.97 Å². The number of benzene rings is 2. The van der Waals surface area contributed by atoms with Gasteiger partial charge in [-0.05, 0) is 30.2 Å². The van der Waals surface area contributed by atoms with E-state index in [0.717, 1.165) is 22.3 Å². The molecule has 1 aliphatic rings. The van der Waals surface area contributed by atoms with E-state index in [-0.39, 0.29) is 12.6 Å². The van der Waals surface area contributed by atoms with E-state index in [1.54, 1.807) is 21.3 Å². The van der Waals surface area contributed by atoms with Crippen LogP contribution in [-0.4, -0.2) is 33.9 Å². The lowest BCUT2D eigenvalue weighted by atomic mass is 9.95. The van der Waals surface area contributed by atoms with Crippen molar-refractivity contribution in [1.82, 2.24) is 0 Å². The van der Waals surface area contributed by atoms with Crippen LogP contribution in [-0.2, 0) is 9.53 Å². The van der Waals surface area contributed by atoms with Crippen molar-refractivity contribution >= 4 is 17.1 Å². The molecule has 0 aliphatic carbocycles. The number of esters is 1. The average molecular weight is 340 g/mol. The van der Waals surface area contributed by atoms with E-state index >= 15 is 0 Å². The van der Waals surface area contributed by atoms with Crippen molar-refractivity contribution in [1.29, 1.82) is 0 Å². The Balaban J connectivity index is 2.19. The second-order valence-corrected chi connectivity index (χ2v) is 5.71. The predicted molar refractivity (Wildman–Crippen MR) is 95.1 cm³/mol. The molecule has 130 valence electrons. The molecule has 25 heavy (non-hydrogen) atoms. The lowest BCUT2D eigenvalue weighted by Crippen LogP contribution is -1.99. The molecule has 0 radical (unpaired) electrons. The fourth-order valence-electron chi connectivity index (χ4n) is 2.90. The molecule has 1 heterocycles. The smallest absolute Gasteiger partial charge is 0.339 e. The number of cyclic esters (lactones) is 1. The number of carbonyl (C=O) groups excluding carboxylic acids is 1. The Morgan fingerprint density at radius 3 is 2.00 bits per heavy atom. The van der Waals surface area contributed by atoms with Crippen LogP contribution < -0.4 is 14.2 Å². The average Bonchev–Trinajstić information content (AvgIpc) is 3.02. The van der Waals surface area contributed by atoms with Crippen molar-refractivity contribution in [2.24, 2.45) is 0 Å². The third-order valence-corrected chi connectivity index (χ3v) is 4.21. The monoisotopic (exact) mass is 340 g/mol. The Bertz CT molecular complexity index is 809. The summed E-state index contributed by atoms with van der Waals surface area (Å²) in [5.74, 6) is 1.25. The van der Waals surface area contributed by atoms with Crippen LogP contribution in [0.25, 0.3) is 11.1 Å². The quantitative estimate of drug-likeness (QED) is 0.780. The van der Waals surface area contributed by atoms with Crippen LogP contribution in [0.3, 0.4) is 0 Å². The lowest BCUT2D eigenvalue weighted by Gasteiger charge is -2.14. The second kappa shape index (κ2) is 6.89. The molecular weight excluding hydrogens is 320 g/mol. The maximum Gasteiger partial charge on any atom is 0.339 e. The van der Waals surface area contributed by atoms with E-state index in [0.29, 0.717) is 22.8 Å². The maximum atomic E-state index is 12.3. The number of carbonyl (C=O) groups is 1. The summed E-state index contributed by atoms with van der Waals surface area (Å²) >= 11 is 0. The predicted octanol–water partition coefficient (Wildman–Crippen LogP) is 3.49. The van der Waals surface area contributed by atoms with Crippen LogP contribution in [0.2, 0.25) is 0 Å². The molecule has 2 aromatic carbocycles. The summed E-state index contributed by atoms with van der Waals surface area (Å²) in [6.07, 6.45) is 0. The zero-order valence-corrected chi connectivity index (χ0v) is 14.7. The topological polar surface area (TPSA) is 54.0 Å². The minimum absolute atomic E-state index is 0.209. The van der Waals surface area contributed by atoms with Gasteiger partial charge < -0.3 is 18.9 Å². The number of hydrogen-bond acceptors (Lipinski definition) is 5. The molecule has 1 aliphatic heterocycles. The number of methoxy groups -OCH3 is 3. The zero-order valence-electron chi connectivity index (χ0n) is 14.7. The van der Waals surface area contributed by atoms with Gasteiger partial charge in [0.15, 0.2) is 11.5 Å². The van der Waals surface area contributed by atoms with Gasteiger partial charge in [-0.3, -0.25) is 0 Å². The van der Waals surface area contributed by atoms with Gasteiger partial charge in [-0.25, -0.2) is 4.79 Å². The standard InChI is InChI=1S/C20H20O5/c1-12-5-7-13(8-6-12)18-15(11-25-20(18)21)14-9-16(22-2)19(24-4)17(10-14)23-3/h5-10H,11H2,1-4H3. The number of aryl methyl sites for hydroxylation is 1. The summed E-state index contributed by atoms with van der Waals surface area (Å²) in [5.41, 5.74) is 4.13. The highest BCUT2D eigenvalue weighted by Crippen LogP contribution is 2.42. The Morgan fingerprint density at radius 2 is 1.48 bits per heavy atom. The minimum atomic E-state index is -0.326. The van der Waals surface area contributed by atoms with Crippen LogP contribution >= 0.6 is 0 Å². The van der Waals surface area contributed by atoms with Crippen LogP contribution in [0, 0.1) is 6.92 Å². The van der Waals surface area contributed by atoms with Gasteiger partial charge in [-0.15, -0.1) is 0 Å². The van der Waals surface area contributed by atoms with Crippen molar-refractivity contribution in [2.75, 3.05) is 27.9 Å². The second-order valence-electron chi connectivity index (χ2n) is 5.71. The fraction of sp³-hybridized carbons (Fsp3) is 0.250. The molecule has 5 nitrogen and oxygen atoms in total. The third-order valence-electron chi connectivity index (χ3n) is 4.21. The molecule has 0 fully saturated rings. The van der Waals surface area contributed by atoms with Crippen molar-refractivity contribution < 1.29 is 23.7 Å². The van der Waals surface area contributed by atoms with E-state index in [4.69, 9.17) is 18.9 Å². The number of hydrogen-bond donors (Lipinski definition) is 0. The van der Waals surface area contributed by atoms with Crippen LogP contribution in [0.1, 0.15) is 16.7 Å². The first kappa shape index (κ1) is 16.9. The highest BCUT2D eigenvalue weighted by molar-refractivity contribution is 6.27. The summed E-state index contributed by atoms with van der Waals surface area (Å²) in [6.45, 7) is 2.21. The molecule has 3 rings (SSSR count). The molecular formula is C20H20O5. The van der Waals surface area contributed by atoms with E-state index in [2.05, 4.69) is 0 Å². The van der Waals surface area contributed by atoms with E-state index in [1.807, 2.05) is 43.3 Å². The van der Waals surface area contributed by atoms with Gasteiger partial charge in [-0.1, -0.05) is 29.8 Å². The highest BCUT2D eigenvalue weighted by Gasteiger charge is 2.28. The first-order valence-electron chi connectivity index (χ1n) is 7.86. The van der Waals surface area contributed by atoms with Gasteiger partial charge in [0.1, 0.15) is 6.61 Å². The molecule has 0 amide bonds. The Labute approximate surface area is 146 Å². The third kappa shape index (κ3) is 3.05. The number of rotatable bonds is 5. The zero-order chi connectivity index (χ0) is 18.0. The van der Waals surface area contributed by atoms with E-state index in [9.17, 15) is 4.79 Å². The van der Waals surface area contributed by atoms with Crippen molar-refractivity contribution in [3.05, 3.63) is 53.1 Å². The lowest BCUT2D eigenvalue weighted by molar-refractivity contribution is -0.133. The Morgan fingerprint density at radius 1 is 0.880 bits per heavy atom.